The Labute approximate surface area is 140 Å². The Balaban J connectivity index is 0.00000242. The highest BCUT2D eigenvalue weighted by atomic mass is 35.5. The van der Waals surface area contributed by atoms with Gasteiger partial charge in [0.2, 0.25) is 5.91 Å². The van der Waals surface area contributed by atoms with Gasteiger partial charge in [0, 0.05) is 18.7 Å². The molecule has 3 nitrogen and oxygen atoms in total. The first kappa shape index (κ1) is 19.0. The van der Waals surface area contributed by atoms with Crippen molar-refractivity contribution in [2.45, 2.75) is 46.5 Å². The Hall–Kier alpha value is -1.06. The topological polar surface area (TPSA) is 32.3 Å². The normalized spacial score (nSPS) is 15.2. The third-order valence-electron chi connectivity index (χ3n) is 4.71. The minimum absolute atomic E-state index is 0. The number of nitrogens with one attached hydrogen (secondary N) is 1. The Morgan fingerprint density at radius 2 is 1.95 bits per heavy atom. The molecule has 1 aromatic rings. The minimum atomic E-state index is 0. The molecule has 0 aromatic heterocycles. The number of piperidine rings is 1. The van der Waals surface area contributed by atoms with Crippen LogP contribution in [-0.2, 0) is 4.79 Å². The number of anilines is 1. The molecule has 0 spiro atoms. The molecule has 1 heterocycles. The molecule has 1 fully saturated rings. The molecule has 0 bridgehead atoms. The third-order valence-corrected chi connectivity index (χ3v) is 4.71. The van der Waals surface area contributed by atoms with Crippen LogP contribution in [0.5, 0.6) is 0 Å². The molecule has 2 rings (SSSR count). The SMILES string of the molecule is CCN(C(=O)CCC1CCNCC1)c1cccc(C)c1C.Cl. The number of hydrogen-bond acceptors (Lipinski definition) is 2. The fourth-order valence-electron chi connectivity index (χ4n) is 3.14. The van der Waals surface area contributed by atoms with Gasteiger partial charge in [0.05, 0.1) is 0 Å². The highest BCUT2D eigenvalue weighted by Crippen LogP contribution is 2.25. The quantitative estimate of drug-likeness (QED) is 0.892. The van der Waals surface area contributed by atoms with Crippen molar-refractivity contribution in [2.75, 3.05) is 24.5 Å². The zero-order chi connectivity index (χ0) is 15.2. The van der Waals surface area contributed by atoms with Crippen LogP contribution in [0.4, 0.5) is 5.69 Å². The second-order valence-corrected chi connectivity index (χ2v) is 6.09. The highest BCUT2D eigenvalue weighted by molar-refractivity contribution is 5.94. The number of amides is 1. The van der Waals surface area contributed by atoms with Crippen molar-refractivity contribution in [2.24, 2.45) is 5.92 Å². The van der Waals surface area contributed by atoms with Crippen LogP contribution in [0.1, 0.15) is 43.7 Å². The van der Waals surface area contributed by atoms with E-state index in [1.165, 1.54) is 24.0 Å². The first-order chi connectivity index (χ1) is 10.1. The lowest BCUT2D eigenvalue weighted by molar-refractivity contribution is -0.118. The molecule has 1 N–H and O–H groups in total. The average Bonchev–Trinajstić information content (AvgIpc) is 2.51. The average molecular weight is 325 g/mol. The van der Waals surface area contributed by atoms with E-state index in [-0.39, 0.29) is 18.3 Å². The van der Waals surface area contributed by atoms with Crippen molar-refractivity contribution < 1.29 is 4.79 Å². The number of carbonyl (C=O) groups excluding carboxylic acids is 1. The van der Waals surface area contributed by atoms with Crippen molar-refractivity contribution in [3.63, 3.8) is 0 Å². The summed E-state index contributed by atoms with van der Waals surface area (Å²) >= 11 is 0. The Morgan fingerprint density at radius 1 is 1.27 bits per heavy atom. The Bertz CT molecular complexity index is 484. The molecular weight excluding hydrogens is 296 g/mol. The first-order valence-corrected chi connectivity index (χ1v) is 8.20. The van der Waals surface area contributed by atoms with Gasteiger partial charge >= 0.3 is 0 Å². The molecule has 1 aliphatic heterocycles. The molecule has 4 heteroatoms. The van der Waals surface area contributed by atoms with Gasteiger partial charge in [-0.2, -0.15) is 0 Å². The molecule has 1 aliphatic rings. The summed E-state index contributed by atoms with van der Waals surface area (Å²) in [7, 11) is 0. The van der Waals surface area contributed by atoms with Crippen LogP contribution < -0.4 is 10.2 Å². The minimum Gasteiger partial charge on any atom is -0.317 e. The summed E-state index contributed by atoms with van der Waals surface area (Å²) in [6.45, 7) is 9.22. The fraction of sp³-hybridized carbons (Fsp3) is 0.611. The largest absolute Gasteiger partial charge is 0.317 e. The number of rotatable bonds is 5. The number of nitrogens with zero attached hydrogens (tertiary/aromatic N) is 1. The lowest BCUT2D eigenvalue weighted by Gasteiger charge is -2.26. The van der Waals surface area contributed by atoms with E-state index in [1.54, 1.807) is 0 Å². The van der Waals surface area contributed by atoms with Crippen LogP contribution in [0.15, 0.2) is 18.2 Å². The molecule has 124 valence electrons. The zero-order valence-electron chi connectivity index (χ0n) is 14.0. The number of halogens is 1. The highest BCUT2D eigenvalue weighted by Gasteiger charge is 2.19. The van der Waals surface area contributed by atoms with Gasteiger partial charge in [0.1, 0.15) is 0 Å². The molecule has 0 aliphatic carbocycles. The molecular formula is C18H29ClN2O. The summed E-state index contributed by atoms with van der Waals surface area (Å²) in [6.07, 6.45) is 4.12. The maximum absolute atomic E-state index is 12.6. The van der Waals surface area contributed by atoms with Crippen molar-refractivity contribution in [3.05, 3.63) is 29.3 Å². The third kappa shape index (κ3) is 4.72. The summed E-state index contributed by atoms with van der Waals surface area (Å²) in [5.41, 5.74) is 3.54. The number of hydrogen-bond donors (Lipinski definition) is 1. The van der Waals surface area contributed by atoms with Crippen LogP contribution in [0.3, 0.4) is 0 Å². The van der Waals surface area contributed by atoms with Crippen LogP contribution in [-0.4, -0.2) is 25.5 Å². The van der Waals surface area contributed by atoms with Crippen molar-refractivity contribution in [1.82, 2.24) is 5.32 Å². The summed E-state index contributed by atoms with van der Waals surface area (Å²) in [5.74, 6) is 0.984. The number of benzene rings is 1. The van der Waals surface area contributed by atoms with Crippen LogP contribution >= 0.6 is 12.4 Å². The Kier molecular flexibility index (Phi) is 7.91. The fourth-order valence-corrected chi connectivity index (χ4v) is 3.14. The monoisotopic (exact) mass is 324 g/mol. The van der Waals surface area contributed by atoms with Gasteiger partial charge in [-0.25, -0.2) is 0 Å². The smallest absolute Gasteiger partial charge is 0.226 e. The molecule has 1 amide bonds. The van der Waals surface area contributed by atoms with Gasteiger partial charge in [-0.3, -0.25) is 4.79 Å². The van der Waals surface area contributed by atoms with Crippen LogP contribution in [0.2, 0.25) is 0 Å². The molecule has 22 heavy (non-hydrogen) atoms. The van der Waals surface area contributed by atoms with Gasteiger partial charge in [0.15, 0.2) is 0 Å². The summed E-state index contributed by atoms with van der Waals surface area (Å²) in [6, 6.07) is 6.21. The van der Waals surface area contributed by atoms with Gasteiger partial charge in [-0.05, 0) is 76.2 Å². The van der Waals surface area contributed by atoms with Crippen LogP contribution in [0.25, 0.3) is 0 Å². The van der Waals surface area contributed by atoms with E-state index in [2.05, 4.69) is 38.2 Å². The van der Waals surface area contributed by atoms with Gasteiger partial charge in [-0.15, -0.1) is 12.4 Å². The van der Waals surface area contributed by atoms with E-state index in [0.29, 0.717) is 12.3 Å². The molecule has 1 aromatic carbocycles. The van der Waals surface area contributed by atoms with E-state index < -0.39 is 0 Å². The second-order valence-electron chi connectivity index (χ2n) is 6.09. The second kappa shape index (κ2) is 9.16. The standard InChI is InChI=1S/C18H28N2O.ClH/c1-4-20(17-7-5-6-14(2)15(17)3)18(21)9-8-16-10-12-19-13-11-16;/h5-7,16,19H,4,8-13H2,1-3H3;1H. The maximum Gasteiger partial charge on any atom is 0.226 e. The zero-order valence-corrected chi connectivity index (χ0v) is 14.8. The van der Waals surface area contributed by atoms with E-state index in [1.807, 2.05) is 11.0 Å². The van der Waals surface area contributed by atoms with E-state index in [9.17, 15) is 4.79 Å². The summed E-state index contributed by atoms with van der Waals surface area (Å²) < 4.78 is 0. The van der Waals surface area contributed by atoms with Crippen molar-refractivity contribution >= 4 is 24.0 Å². The summed E-state index contributed by atoms with van der Waals surface area (Å²) in [4.78, 5) is 14.5. The van der Waals surface area contributed by atoms with Gasteiger partial charge in [-0.1, -0.05) is 12.1 Å². The van der Waals surface area contributed by atoms with Gasteiger partial charge < -0.3 is 10.2 Å². The molecule has 0 unspecified atom stereocenters. The van der Waals surface area contributed by atoms with E-state index in [0.717, 1.165) is 31.7 Å². The predicted molar refractivity (Wildman–Crippen MR) is 96.0 cm³/mol. The van der Waals surface area contributed by atoms with Crippen molar-refractivity contribution in [1.29, 1.82) is 0 Å². The lowest BCUT2D eigenvalue weighted by atomic mass is 9.93. The Morgan fingerprint density at radius 3 is 2.59 bits per heavy atom. The molecule has 0 saturated carbocycles. The molecule has 1 saturated heterocycles. The first-order valence-electron chi connectivity index (χ1n) is 8.20. The van der Waals surface area contributed by atoms with Crippen molar-refractivity contribution in [3.8, 4) is 0 Å². The van der Waals surface area contributed by atoms with Crippen LogP contribution in [0, 0.1) is 19.8 Å². The van der Waals surface area contributed by atoms with E-state index in [4.69, 9.17) is 0 Å². The lowest BCUT2D eigenvalue weighted by Crippen LogP contribution is -2.33. The maximum atomic E-state index is 12.6. The number of carbonyl (C=O) groups is 1. The van der Waals surface area contributed by atoms with E-state index >= 15 is 0 Å². The molecule has 0 atom stereocenters. The van der Waals surface area contributed by atoms with Gasteiger partial charge in [0.25, 0.3) is 0 Å². The molecule has 0 radical (unpaired) electrons. The summed E-state index contributed by atoms with van der Waals surface area (Å²) in [5, 5.41) is 3.38. The predicted octanol–water partition coefficient (Wildman–Crippen LogP) is 3.86. The number of aryl methyl sites for hydroxylation is 1.